The highest BCUT2D eigenvalue weighted by molar-refractivity contribution is 5.98. The number of carbonyl (C=O) groups is 2. The number of anilines is 1. The van der Waals surface area contributed by atoms with Crippen molar-refractivity contribution >= 4 is 29.0 Å². The van der Waals surface area contributed by atoms with Gasteiger partial charge in [0.15, 0.2) is 6.29 Å². The predicted molar refractivity (Wildman–Crippen MR) is 113 cm³/mol. The smallest absolute Gasteiger partial charge is 0.407 e. The SMILES string of the molecule is CN.O=Cc1cc2ccnc(N3CC4NC(=O)OC4C3)c2cc1Oc1ccccc1. The summed E-state index contributed by atoms with van der Waals surface area (Å²) in [7, 11) is 1.50. The van der Waals surface area contributed by atoms with E-state index in [1.165, 1.54) is 7.05 Å². The normalized spacial score (nSPS) is 19.4. The zero-order chi connectivity index (χ0) is 21.1. The number of pyridine rings is 1. The van der Waals surface area contributed by atoms with Gasteiger partial charge in [0.05, 0.1) is 18.2 Å². The largest absolute Gasteiger partial charge is 0.457 e. The number of nitrogens with zero attached hydrogens (tertiary/aromatic N) is 2. The summed E-state index contributed by atoms with van der Waals surface area (Å²) in [6.45, 7) is 1.19. The number of ether oxygens (including phenoxy) is 2. The van der Waals surface area contributed by atoms with E-state index in [1.807, 2.05) is 42.5 Å². The molecule has 8 heteroatoms. The van der Waals surface area contributed by atoms with E-state index in [1.54, 1.807) is 12.3 Å². The van der Waals surface area contributed by atoms with Crippen molar-refractivity contribution in [3.63, 3.8) is 0 Å². The molecule has 0 bridgehead atoms. The van der Waals surface area contributed by atoms with Crippen molar-refractivity contribution in [3.05, 3.63) is 60.3 Å². The number of hydrogen-bond donors (Lipinski definition) is 2. The monoisotopic (exact) mass is 406 g/mol. The second-order valence-corrected chi connectivity index (χ2v) is 6.88. The van der Waals surface area contributed by atoms with Gasteiger partial charge in [-0.3, -0.25) is 4.79 Å². The predicted octanol–water partition coefficient (Wildman–Crippen LogP) is 2.71. The maximum absolute atomic E-state index is 11.6. The molecule has 2 fully saturated rings. The van der Waals surface area contributed by atoms with Crippen molar-refractivity contribution in [2.75, 3.05) is 25.0 Å². The van der Waals surface area contributed by atoms with Crippen molar-refractivity contribution in [2.24, 2.45) is 5.73 Å². The maximum Gasteiger partial charge on any atom is 0.407 e. The number of alkyl carbamates (subject to hydrolysis) is 1. The van der Waals surface area contributed by atoms with Gasteiger partial charge in [0.1, 0.15) is 23.4 Å². The van der Waals surface area contributed by atoms with Crippen LogP contribution in [0, 0.1) is 0 Å². The minimum absolute atomic E-state index is 0.0427. The summed E-state index contributed by atoms with van der Waals surface area (Å²) in [4.78, 5) is 29.6. The van der Waals surface area contributed by atoms with Gasteiger partial charge >= 0.3 is 6.09 Å². The first-order chi connectivity index (χ1) is 14.7. The molecule has 2 atom stereocenters. The van der Waals surface area contributed by atoms with Crippen LogP contribution in [0.25, 0.3) is 10.8 Å². The Morgan fingerprint density at radius 3 is 2.73 bits per heavy atom. The standard InChI is InChI=1S/C21H17N3O4.CH5N/c25-12-14-8-13-6-7-22-20(24-10-17-19(11-24)28-21(26)23-17)16(13)9-18(14)27-15-4-2-1-3-5-15;1-2/h1-9,12,17,19H,10-11H2,(H,23,26);2H2,1H3. The Balaban J connectivity index is 0.00000106. The Morgan fingerprint density at radius 2 is 2.00 bits per heavy atom. The van der Waals surface area contributed by atoms with E-state index >= 15 is 0 Å². The van der Waals surface area contributed by atoms with Gasteiger partial charge in [0.2, 0.25) is 0 Å². The van der Waals surface area contributed by atoms with E-state index in [-0.39, 0.29) is 18.2 Å². The molecular formula is C22H22N4O4. The molecular weight excluding hydrogens is 384 g/mol. The molecule has 3 N–H and O–H groups in total. The van der Waals surface area contributed by atoms with Crippen molar-refractivity contribution < 1.29 is 19.1 Å². The molecule has 2 unspecified atom stereocenters. The summed E-state index contributed by atoms with van der Waals surface area (Å²) in [5, 5.41) is 4.60. The Hall–Kier alpha value is -3.65. The molecule has 3 aromatic rings. The van der Waals surface area contributed by atoms with Gasteiger partial charge in [-0.2, -0.15) is 0 Å². The molecule has 0 saturated carbocycles. The van der Waals surface area contributed by atoms with Crippen LogP contribution in [0.3, 0.4) is 0 Å². The molecule has 0 spiro atoms. The zero-order valence-corrected chi connectivity index (χ0v) is 16.4. The molecule has 1 amide bonds. The number of benzene rings is 2. The van der Waals surface area contributed by atoms with Crippen molar-refractivity contribution in [3.8, 4) is 11.5 Å². The van der Waals surface area contributed by atoms with E-state index < -0.39 is 0 Å². The van der Waals surface area contributed by atoms with Gasteiger partial charge in [-0.1, -0.05) is 18.2 Å². The summed E-state index contributed by atoms with van der Waals surface area (Å²) < 4.78 is 11.3. The molecule has 2 aliphatic rings. The summed E-state index contributed by atoms with van der Waals surface area (Å²) in [6, 6.07) is 14.8. The lowest BCUT2D eigenvalue weighted by molar-refractivity contribution is 0.112. The van der Waals surface area contributed by atoms with Crippen LogP contribution in [0.4, 0.5) is 10.6 Å². The number of nitrogens with two attached hydrogens (primary N) is 1. The lowest BCUT2D eigenvalue weighted by atomic mass is 10.1. The number of nitrogens with one attached hydrogen (secondary N) is 1. The highest BCUT2D eigenvalue weighted by Crippen LogP contribution is 2.35. The number of para-hydroxylation sites is 1. The zero-order valence-electron chi connectivity index (χ0n) is 16.4. The molecule has 1 aromatic heterocycles. The molecule has 5 rings (SSSR count). The number of fused-ring (bicyclic) bond motifs is 2. The van der Waals surface area contributed by atoms with E-state index in [0.29, 0.717) is 30.2 Å². The number of hydrogen-bond acceptors (Lipinski definition) is 7. The van der Waals surface area contributed by atoms with Crippen molar-refractivity contribution in [2.45, 2.75) is 12.1 Å². The molecule has 0 radical (unpaired) electrons. The van der Waals surface area contributed by atoms with E-state index in [4.69, 9.17) is 9.47 Å². The lowest BCUT2D eigenvalue weighted by Crippen LogP contribution is -2.32. The van der Waals surface area contributed by atoms with Crippen LogP contribution >= 0.6 is 0 Å². The van der Waals surface area contributed by atoms with Crippen LogP contribution < -0.4 is 20.7 Å². The van der Waals surface area contributed by atoms with Crippen LogP contribution in [0.1, 0.15) is 10.4 Å². The Labute approximate surface area is 173 Å². The summed E-state index contributed by atoms with van der Waals surface area (Å²) in [5.74, 6) is 1.91. The second kappa shape index (κ2) is 8.38. The van der Waals surface area contributed by atoms with Crippen molar-refractivity contribution in [1.29, 1.82) is 0 Å². The van der Waals surface area contributed by atoms with E-state index in [2.05, 4.69) is 20.9 Å². The van der Waals surface area contributed by atoms with Crippen molar-refractivity contribution in [1.82, 2.24) is 10.3 Å². The fraction of sp³-hybridized carbons (Fsp3) is 0.227. The molecule has 8 nitrogen and oxygen atoms in total. The van der Waals surface area contributed by atoms with Crippen LogP contribution in [-0.4, -0.2) is 49.6 Å². The minimum atomic E-state index is -0.366. The molecule has 0 aliphatic carbocycles. The molecule has 3 heterocycles. The van der Waals surface area contributed by atoms with Crippen LogP contribution in [0.5, 0.6) is 11.5 Å². The third-order valence-electron chi connectivity index (χ3n) is 5.10. The Kier molecular flexibility index (Phi) is 5.49. The summed E-state index contributed by atoms with van der Waals surface area (Å²) >= 11 is 0. The maximum atomic E-state index is 11.6. The third kappa shape index (κ3) is 3.65. The van der Waals surface area contributed by atoms with Gasteiger partial charge in [-0.25, -0.2) is 9.78 Å². The fourth-order valence-corrected chi connectivity index (χ4v) is 3.78. The lowest BCUT2D eigenvalue weighted by Gasteiger charge is -2.20. The highest BCUT2D eigenvalue weighted by Gasteiger charge is 2.42. The molecule has 2 aliphatic heterocycles. The Bertz CT molecular complexity index is 1060. The molecule has 2 saturated heterocycles. The van der Waals surface area contributed by atoms with E-state index in [0.717, 1.165) is 22.9 Å². The van der Waals surface area contributed by atoms with Gasteiger partial charge in [0, 0.05) is 18.1 Å². The highest BCUT2D eigenvalue weighted by atomic mass is 16.6. The quantitative estimate of drug-likeness (QED) is 0.642. The van der Waals surface area contributed by atoms with E-state index in [9.17, 15) is 9.59 Å². The first-order valence-corrected chi connectivity index (χ1v) is 9.62. The van der Waals surface area contributed by atoms with Gasteiger partial charge < -0.3 is 25.4 Å². The summed E-state index contributed by atoms with van der Waals surface area (Å²) in [6.07, 6.45) is 1.97. The fourth-order valence-electron chi connectivity index (χ4n) is 3.78. The topological polar surface area (TPSA) is 107 Å². The molecule has 154 valence electrons. The van der Waals surface area contributed by atoms with Crippen LogP contribution in [-0.2, 0) is 4.74 Å². The first-order valence-electron chi connectivity index (χ1n) is 9.62. The minimum Gasteiger partial charge on any atom is -0.457 e. The Morgan fingerprint density at radius 1 is 1.20 bits per heavy atom. The number of amides is 1. The number of rotatable bonds is 4. The average molecular weight is 406 g/mol. The summed E-state index contributed by atoms with van der Waals surface area (Å²) in [5.41, 5.74) is 4.97. The van der Waals surface area contributed by atoms with Gasteiger partial charge in [-0.15, -0.1) is 0 Å². The van der Waals surface area contributed by atoms with Gasteiger partial charge in [0.25, 0.3) is 0 Å². The number of aromatic nitrogens is 1. The van der Waals surface area contributed by atoms with Crippen LogP contribution in [0.2, 0.25) is 0 Å². The van der Waals surface area contributed by atoms with Gasteiger partial charge in [-0.05, 0) is 42.8 Å². The average Bonchev–Trinajstić information content (AvgIpc) is 3.32. The number of carbonyl (C=O) groups excluding carboxylic acids is 2. The second-order valence-electron chi connectivity index (χ2n) is 6.88. The first kappa shape index (κ1) is 19.7. The molecule has 30 heavy (non-hydrogen) atoms. The third-order valence-corrected chi connectivity index (χ3v) is 5.10. The molecule has 2 aromatic carbocycles. The number of aldehydes is 1. The van der Waals surface area contributed by atoms with Crippen LogP contribution in [0.15, 0.2) is 54.7 Å².